The molecule has 0 aliphatic carbocycles. The number of amides is 1. The van der Waals surface area contributed by atoms with Crippen LogP contribution in [0.3, 0.4) is 0 Å². The second-order valence-electron chi connectivity index (χ2n) is 7.57. The number of carbonyl (C=O) groups excluding carboxylic acids is 1. The smallest absolute Gasteiger partial charge is 0.266 e. The van der Waals surface area contributed by atoms with E-state index in [1.54, 1.807) is 24.3 Å². The summed E-state index contributed by atoms with van der Waals surface area (Å²) in [6.07, 6.45) is 3.77. The highest BCUT2D eigenvalue weighted by Crippen LogP contribution is 2.22. The largest absolute Gasteiger partial charge is 0.354 e. The zero-order chi connectivity index (χ0) is 21.6. The molecule has 0 atom stereocenters. The minimum Gasteiger partial charge on any atom is -0.354 e. The van der Waals surface area contributed by atoms with Crippen molar-refractivity contribution in [1.82, 2.24) is 19.8 Å². The number of hydrogen-bond donors (Lipinski definition) is 1. The van der Waals surface area contributed by atoms with Gasteiger partial charge in [-0.3, -0.25) is 14.2 Å². The van der Waals surface area contributed by atoms with Crippen molar-refractivity contribution in [3.63, 3.8) is 0 Å². The third-order valence-electron chi connectivity index (χ3n) is 5.34. The van der Waals surface area contributed by atoms with Gasteiger partial charge in [0.05, 0.1) is 22.3 Å². The second-order valence-corrected chi connectivity index (χ2v) is 8.95. The van der Waals surface area contributed by atoms with Gasteiger partial charge in [-0.1, -0.05) is 48.0 Å². The molecule has 6 nitrogen and oxygen atoms in total. The number of nitrogens with zero attached hydrogens (tertiary/aromatic N) is 3. The molecule has 3 aromatic rings. The van der Waals surface area contributed by atoms with Crippen LogP contribution in [0.1, 0.15) is 19.3 Å². The minimum absolute atomic E-state index is 0.0675. The predicted molar refractivity (Wildman–Crippen MR) is 126 cm³/mol. The van der Waals surface area contributed by atoms with Crippen LogP contribution in [0, 0.1) is 0 Å². The standard InChI is InChI=1S/C23H25ClN4O2S/c24-17-7-6-8-18(15-17)28-22(30)19-9-2-3-10-20(19)26-23(28)31-16-21(29)25-11-14-27-12-4-1-5-13-27/h2-3,6-10,15H,1,4-5,11-14,16H2,(H,25,29). The third-order valence-corrected chi connectivity index (χ3v) is 6.52. The van der Waals surface area contributed by atoms with Crippen LogP contribution in [0.4, 0.5) is 0 Å². The van der Waals surface area contributed by atoms with E-state index >= 15 is 0 Å². The highest BCUT2D eigenvalue weighted by atomic mass is 35.5. The molecule has 1 aromatic heterocycles. The second kappa shape index (κ2) is 10.3. The van der Waals surface area contributed by atoms with Gasteiger partial charge < -0.3 is 10.2 Å². The SMILES string of the molecule is O=C(CSc1nc2ccccc2c(=O)n1-c1cccc(Cl)c1)NCCN1CCCCC1. The molecule has 0 saturated carbocycles. The molecule has 1 N–H and O–H groups in total. The van der Waals surface area contributed by atoms with Gasteiger partial charge in [-0.15, -0.1) is 0 Å². The lowest BCUT2D eigenvalue weighted by Gasteiger charge is -2.26. The van der Waals surface area contributed by atoms with Crippen LogP contribution in [0.2, 0.25) is 5.02 Å². The lowest BCUT2D eigenvalue weighted by molar-refractivity contribution is -0.118. The Morgan fingerprint density at radius 1 is 1.10 bits per heavy atom. The van der Waals surface area contributed by atoms with Gasteiger partial charge in [0.1, 0.15) is 0 Å². The van der Waals surface area contributed by atoms with Gasteiger partial charge in [-0.2, -0.15) is 0 Å². The molecule has 1 fully saturated rings. The Morgan fingerprint density at radius 3 is 2.71 bits per heavy atom. The monoisotopic (exact) mass is 456 g/mol. The van der Waals surface area contributed by atoms with E-state index in [0.717, 1.165) is 19.6 Å². The van der Waals surface area contributed by atoms with Gasteiger partial charge in [-0.05, 0) is 56.3 Å². The van der Waals surface area contributed by atoms with Crippen LogP contribution in [-0.2, 0) is 4.79 Å². The summed E-state index contributed by atoms with van der Waals surface area (Å²) in [7, 11) is 0. The minimum atomic E-state index is -0.180. The van der Waals surface area contributed by atoms with E-state index in [0.29, 0.717) is 33.3 Å². The summed E-state index contributed by atoms with van der Waals surface area (Å²) in [5, 5.41) is 4.51. The zero-order valence-electron chi connectivity index (χ0n) is 17.2. The van der Waals surface area contributed by atoms with Gasteiger partial charge in [0.2, 0.25) is 5.91 Å². The van der Waals surface area contributed by atoms with Crippen LogP contribution in [0.25, 0.3) is 16.6 Å². The molecule has 162 valence electrons. The Kier molecular flexibility index (Phi) is 7.27. The molecule has 4 rings (SSSR count). The van der Waals surface area contributed by atoms with Crippen LogP contribution in [-0.4, -0.2) is 52.3 Å². The van der Waals surface area contributed by atoms with Crippen LogP contribution in [0.15, 0.2) is 58.5 Å². The fourth-order valence-corrected chi connectivity index (χ4v) is 4.80. The fourth-order valence-electron chi connectivity index (χ4n) is 3.77. The molecule has 0 radical (unpaired) electrons. The maximum absolute atomic E-state index is 13.2. The van der Waals surface area contributed by atoms with Crippen LogP contribution < -0.4 is 10.9 Å². The van der Waals surface area contributed by atoms with E-state index in [4.69, 9.17) is 11.6 Å². The number of para-hydroxylation sites is 1. The van der Waals surface area contributed by atoms with Gasteiger partial charge in [0, 0.05) is 18.1 Å². The summed E-state index contributed by atoms with van der Waals surface area (Å²) in [4.78, 5) is 32.7. The summed E-state index contributed by atoms with van der Waals surface area (Å²) in [6, 6.07) is 14.3. The van der Waals surface area contributed by atoms with Crippen molar-refractivity contribution in [3.8, 4) is 5.69 Å². The van der Waals surface area contributed by atoms with Crippen molar-refractivity contribution in [2.24, 2.45) is 0 Å². The molecular formula is C23H25ClN4O2S. The molecule has 31 heavy (non-hydrogen) atoms. The number of nitrogens with one attached hydrogen (secondary N) is 1. The number of hydrogen-bond acceptors (Lipinski definition) is 5. The highest BCUT2D eigenvalue weighted by Gasteiger charge is 2.15. The van der Waals surface area contributed by atoms with Crippen molar-refractivity contribution in [2.45, 2.75) is 24.4 Å². The van der Waals surface area contributed by atoms with Crippen molar-refractivity contribution >= 4 is 40.2 Å². The first-order valence-electron chi connectivity index (χ1n) is 10.5. The summed E-state index contributed by atoms with van der Waals surface area (Å²) in [6.45, 7) is 3.72. The number of aromatic nitrogens is 2. The summed E-state index contributed by atoms with van der Waals surface area (Å²) >= 11 is 7.41. The molecule has 1 saturated heterocycles. The first-order valence-corrected chi connectivity index (χ1v) is 11.9. The maximum Gasteiger partial charge on any atom is 0.266 e. The number of halogens is 1. The van der Waals surface area contributed by atoms with Gasteiger partial charge in [-0.25, -0.2) is 4.98 Å². The molecule has 1 aliphatic rings. The molecule has 1 amide bonds. The van der Waals surface area contributed by atoms with E-state index in [1.807, 2.05) is 24.3 Å². The van der Waals surface area contributed by atoms with E-state index < -0.39 is 0 Å². The Bertz CT molecular complexity index is 1130. The maximum atomic E-state index is 13.2. The average Bonchev–Trinajstić information content (AvgIpc) is 2.78. The van der Waals surface area contributed by atoms with Crippen molar-refractivity contribution in [2.75, 3.05) is 31.9 Å². The Morgan fingerprint density at radius 2 is 1.90 bits per heavy atom. The molecule has 0 unspecified atom stereocenters. The van der Waals surface area contributed by atoms with Crippen molar-refractivity contribution < 1.29 is 4.79 Å². The summed E-state index contributed by atoms with van der Waals surface area (Å²) < 4.78 is 1.53. The fraction of sp³-hybridized carbons (Fsp3) is 0.348. The molecule has 2 heterocycles. The third kappa shape index (κ3) is 5.47. The Balaban J connectivity index is 1.50. The van der Waals surface area contributed by atoms with Gasteiger partial charge >= 0.3 is 0 Å². The predicted octanol–water partition coefficient (Wildman–Crippen LogP) is 3.73. The van der Waals surface area contributed by atoms with Gasteiger partial charge in [0.15, 0.2) is 5.16 Å². The number of thioether (sulfide) groups is 1. The lowest BCUT2D eigenvalue weighted by Crippen LogP contribution is -2.38. The zero-order valence-corrected chi connectivity index (χ0v) is 18.8. The quantitative estimate of drug-likeness (QED) is 0.433. The molecule has 1 aliphatic heterocycles. The highest BCUT2D eigenvalue weighted by molar-refractivity contribution is 7.99. The Labute approximate surface area is 190 Å². The number of likely N-dealkylation sites (tertiary alicyclic amines) is 1. The molecular weight excluding hydrogens is 432 g/mol. The normalized spacial score (nSPS) is 14.6. The van der Waals surface area contributed by atoms with E-state index in [2.05, 4.69) is 15.2 Å². The molecule has 8 heteroatoms. The van der Waals surface area contributed by atoms with E-state index in [1.165, 1.54) is 35.6 Å². The van der Waals surface area contributed by atoms with E-state index in [-0.39, 0.29) is 17.2 Å². The number of benzene rings is 2. The first kappa shape index (κ1) is 21.9. The summed E-state index contributed by atoms with van der Waals surface area (Å²) in [5.41, 5.74) is 1.06. The number of rotatable bonds is 7. The lowest BCUT2D eigenvalue weighted by atomic mass is 10.1. The number of carbonyl (C=O) groups is 1. The molecule has 0 spiro atoms. The molecule has 0 bridgehead atoms. The van der Waals surface area contributed by atoms with Crippen LogP contribution >= 0.6 is 23.4 Å². The van der Waals surface area contributed by atoms with Crippen molar-refractivity contribution in [1.29, 1.82) is 0 Å². The van der Waals surface area contributed by atoms with Crippen LogP contribution in [0.5, 0.6) is 0 Å². The van der Waals surface area contributed by atoms with Gasteiger partial charge in [0.25, 0.3) is 5.56 Å². The summed E-state index contributed by atoms with van der Waals surface area (Å²) in [5.74, 6) is 0.118. The number of fused-ring (bicyclic) bond motifs is 1. The number of piperidine rings is 1. The van der Waals surface area contributed by atoms with E-state index in [9.17, 15) is 9.59 Å². The topological polar surface area (TPSA) is 67.2 Å². The first-order chi connectivity index (χ1) is 15.1. The molecule has 2 aromatic carbocycles. The Hall–Kier alpha value is -2.35. The average molecular weight is 457 g/mol. The van der Waals surface area contributed by atoms with Crippen molar-refractivity contribution in [3.05, 3.63) is 63.9 Å².